The van der Waals surface area contributed by atoms with Crippen LogP contribution in [0.2, 0.25) is 0 Å². The number of benzene rings is 1. The van der Waals surface area contributed by atoms with Gasteiger partial charge in [-0.1, -0.05) is 6.07 Å². The third-order valence-electron chi connectivity index (χ3n) is 1.91. The highest BCUT2D eigenvalue weighted by atomic mass is 79.9. The molecule has 0 aromatic heterocycles. The maximum atomic E-state index is 4.13. The molecule has 0 saturated carbocycles. The standard InChI is InChI=1S/C10H12Br2N2/c1-13-10(14-2)6-7-3-4-8(11)9(12)5-7/h3-5H,6H2,1-2H3,(H,13,14). The maximum Gasteiger partial charge on any atom is 0.100 e. The summed E-state index contributed by atoms with van der Waals surface area (Å²) in [6, 6.07) is 6.20. The van der Waals surface area contributed by atoms with Crippen molar-refractivity contribution in [3.05, 3.63) is 32.7 Å². The number of likely N-dealkylation sites (N-methyl/N-ethyl adjacent to an activating group) is 1. The normalized spacial score (nSPS) is 11.6. The molecule has 0 fully saturated rings. The smallest absolute Gasteiger partial charge is 0.100 e. The highest BCUT2D eigenvalue weighted by Crippen LogP contribution is 2.23. The van der Waals surface area contributed by atoms with Gasteiger partial charge in [-0.3, -0.25) is 4.99 Å². The summed E-state index contributed by atoms with van der Waals surface area (Å²) in [6.45, 7) is 0. The molecule has 0 amide bonds. The quantitative estimate of drug-likeness (QED) is 0.657. The minimum absolute atomic E-state index is 0.832. The van der Waals surface area contributed by atoms with E-state index in [9.17, 15) is 0 Å². The fraction of sp³-hybridized carbons (Fsp3) is 0.300. The molecule has 14 heavy (non-hydrogen) atoms. The molecule has 0 aliphatic carbocycles. The first-order valence-electron chi connectivity index (χ1n) is 4.24. The van der Waals surface area contributed by atoms with Gasteiger partial charge >= 0.3 is 0 Å². The van der Waals surface area contributed by atoms with Crippen molar-refractivity contribution in [3.63, 3.8) is 0 Å². The van der Waals surface area contributed by atoms with Crippen LogP contribution >= 0.6 is 31.9 Å². The second kappa shape index (κ2) is 5.51. The Hall–Kier alpha value is -0.350. The fourth-order valence-corrected chi connectivity index (χ4v) is 1.80. The number of rotatable bonds is 2. The molecule has 1 aromatic rings. The van der Waals surface area contributed by atoms with Crippen molar-refractivity contribution in [2.45, 2.75) is 6.42 Å². The second-order valence-corrected chi connectivity index (χ2v) is 4.55. The molecule has 0 unspecified atom stereocenters. The third-order valence-corrected chi connectivity index (χ3v) is 3.79. The zero-order valence-corrected chi connectivity index (χ0v) is 11.3. The SMILES string of the molecule is CN=C(Cc1ccc(Br)c(Br)c1)NC. The van der Waals surface area contributed by atoms with Gasteiger partial charge in [0.2, 0.25) is 0 Å². The molecule has 0 heterocycles. The van der Waals surface area contributed by atoms with E-state index in [4.69, 9.17) is 0 Å². The molecule has 0 spiro atoms. The zero-order chi connectivity index (χ0) is 10.6. The topological polar surface area (TPSA) is 24.4 Å². The van der Waals surface area contributed by atoms with Crippen molar-refractivity contribution < 1.29 is 0 Å². The molecule has 0 atom stereocenters. The second-order valence-electron chi connectivity index (χ2n) is 2.85. The van der Waals surface area contributed by atoms with E-state index >= 15 is 0 Å². The van der Waals surface area contributed by atoms with Gasteiger partial charge in [-0.05, 0) is 49.6 Å². The molecule has 4 heteroatoms. The van der Waals surface area contributed by atoms with Crippen molar-refractivity contribution in [3.8, 4) is 0 Å². The lowest BCUT2D eigenvalue weighted by Gasteiger charge is -2.06. The number of hydrogen-bond acceptors (Lipinski definition) is 1. The van der Waals surface area contributed by atoms with Gasteiger partial charge in [0.05, 0.1) is 0 Å². The Morgan fingerprint density at radius 1 is 1.36 bits per heavy atom. The van der Waals surface area contributed by atoms with Gasteiger partial charge in [0.25, 0.3) is 0 Å². The van der Waals surface area contributed by atoms with E-state index in [1.807, 2.05) is 13.1 Å². The molecule has 1 aromatic carbocycles. The van der Waals surface area contributed by atoms with Crippen LogP contribution in [-0.2, 0) is 6.42 Å². The van der Waals surface area contributed by atoms with Crippen LogP contribution in [0.5, 0.6) is 0 Å². The molecular formula is C10H12Br2N2. The summed E-state index contributed by atoms with van der Waals surface area (Å²) in [5, 5.41) is 3.06. The average molecular weight is 320 g/mol. The highest BCUT2D eigenvalue weighted by molar-refractivity contribution is 9.13. The van der Waals surface area contributed by atoms with Crippen LogP contribution < -0.4 is 5.32 Å². The first-order chi connectivity index (χ1) is 6.67. The monoisotopic (exact) mass is 318 g/mol. The summed E-state index contributed by atoms with van der Waals surface area (Å²) in [6.07, 6.45) is 0.832. The first-order valence-corrected chi connectivity index (χ1v) is 5.83. The third kappa shape index (κ3) is 3.10. The van der Waals surface area contributed by atoms with Crippen LogP contribution in [0, 0.1) is 0 Å². The molecule has 0 aliphatic rings. The molecule has 0 saturated heterocycles. The van der Waals surface area contributed by atoms with E-state index < -0.39 is 0 Å². The van der Waals surface area contributed by atoms with Crippen LogP contribution in [-0.4, -0.2) is 19.9 Å². The minimum atomic E-state index is 0.832. The molecule has 76 valence electrons. The van der Waals surface area contributed by atoms with Crippen molar-refractivity contribution in [2.24, 2.45) is 4.99 Å². The molecule has 0 radical (unpaired) electrons. The lowest BCUT2D eigenvalue weighted by Crippen LogP contribution is -2.20. The van der Waals surface area contributed by atoms with Crippen LogP contribution in [0.4, 0.5) is 0 Å². The minimum Gasteiger partial charge on any atom is -0.377 e. The zero-order valence-electron chi connectivity index (χ0n) is 8.14. The Kier molecular flexibility index (Phi) is 4.62. The molecule has 1 N–H and O–H groups in total. The van der Waals surface area contributed by atoms with Crippen molar-refractivity contribution in [2.75, 3.05) is 14.1 Å². The number of aliphatic imine (C=N–C) groups is 1. The first kappa shape index (κ1) is 11.7. The summed E-state index contributed by atoms with van der Waals surface area (Å²) in [7, 11) is 3.68. The highest BCUT2D eigenvalue weighted by Gasteiger charge is 2.01. The number of halogens is 2. The maximum absolute atomic E-state index is 4.13. The Morgan fingerprint density at radius 3 is 2.57 bits per heavy atom. The van der Waals surface area contributed by atoms with E-state index in [2.05, 4.69) is 54.3 Å². The largest absolute Gasteiger partial charge is 0.377 e. The van der Waals surface area contributed by atoms with Crippen LogP contribution in [0.3, 0.4) is 0 Å². The van der Waals surface area contributed by atoms with Gasteiger partial charge in [-0.2, -0.15) is 0 Å². The van der Waals surface area contributed by atoms with Gasteiger partial charge in [0.1, 0.15) is 5.84 Å². The van der Waals surface area contributed by atoms with Crippen LogP contribution in [0.25, 0.3) is 0 Å². The van der Waals surface area contributed by atoms with Gasteiger partial charge in [0, 0.05) is 29.5 Å². The summed E-state index contributed by atoms with van der Waals surface area (Å²) < 4.78 is 2.14. The van der Waals surface area contributed by atoms with E-state index in [1.54, 1.807) is 7.05 Å². The number of nitrogens with zero attached hydrogens (tertiary/aromatic N) is 1. The lowest BCUT2D eigenvalue weighted by atomic mass is 10.1. The van der Waals surface area contributed by atoms with Crippen LogP contribution in [0.1, 0.15) is 5.56 Å². The predicted molar refractivity (Wildman–Crippen MR) is 68.0 cm³/mol. The average Bonchev–Trinajstić information content (AvgIpc) is 2.19. The Balaban J connectivity index is 2.82. The summed E-state index contributed by atoms with van der Waals surface area (Å²) >= 11 is 6.91. The Bertz CT molecular complexity index is 348. The molecule has 0 aliphatic heterocycles. The lowest BCUT2D eigenvalue weighted by molar-refractivity contribution is 1.08. The van der Waals surface area contributed by atoms with Gasteiger partial charge in [-0.25, -0.2) is 0 Å². The van der Waals surface area contributed by atoms with Gasteiger partial charge in [0.15, 0.2) is 0 Å². The predicted octanol–water partition coefficient (Wildman–Crippen LogP) is 3.00. The molecule has 2 nitrogen and oxygen atoms in total. The summed E-state index contributed by atoms with van der Waals surface area (Å²) in [4.78, 5) is 4.13. The fourth-order valence-electron chi connectivity index (χ4n) is 1.12. The van der Waals surface area contributed by atoms with Crippen molar-refractivity contribution >= 4 is 37.7 Å². The van der Waals surface area contributed by atoms with Crippen molar-refractivity contribution in [1.29, 1.82) is 0 Å². The molecule has 1 rings (SSSR count). The number of hydrogen-bond donors (Lipinski definition) is 1. The number of nitrogens with one attached hydrogen (secondary N) is 1. The van der Waals surface area contributed by atoms with E-state index in [0.717, 1.165) is 21.2 Å². The molecular weight excluding hydrogens is 308 g/mol. The van der Waals surface area contributed by atoms with E-state index in [1.165, 1.54) is 5.56 Å². The van der Waals surface area contributed by atoms with E-state index in [0.29, 0.717) is 0 Å². The van der Waals surface area contributed by atoms with Crippen molar-refractivity contribution in [1.82, 2.24) is 5.32 Å². The molecule has 0 bridgehead atoms. The number of amidine groups is 1. The van der Waals surface area contributed by atoms with Crippen LogP contribution in [0.15, 0.2) is 32.1 Å². The van der Waals surface area contributed by atoms with E-state index in [-0.39, 0.29) is 0 Å². The Morgan fingerprint density at radius 2 is 2.07 bits per heavy atom. The van der Waals surface area contributed by atoms with Gasteiger partial charge < -0.3 is 5.32 Å². The van der Waals surface area contributed by atoms with Gasteiger partial charge in [-0.15, -0.1) is 0 Å². The Labute approximate surface area is 101 Å². The summed E-state index contributed by atoms with van der Waals surface area (Å²) in [5.41, 5.74) is 1.23. The summed E-state index contributed by atoms with van der Waals surface area (Å²) in [5.74, 6) is 0.985.